The number of nitriles is 1. The van der Waals surface area contributed by atoms with Crippen LogP contribution in [0.3, 0.4) is 0 Å². The van der Waals surface area contributed by atoms with E-state index in [-0.39, 0.29) is 12.0 Å². The minimum atomic E-state index is -0.240. The lowest BCUT2D eigenvalue weighted by molar-refractivity contribution is 0.540. The van der Waals surface area contributed by atoms with E-state index in [9.17, 15) is 5.26 Å². The topological polar surface area (TPSA) is 74.5 Å². The highest BCUT2D eigenvalue weighted by atomic mass is 16.3. The van der Waals surface area contributed by atoms with E-state index in [2.05, 4.69) is 76.1 Å². The summed E-state index contributed by atoms with van der Waals surface area (Å²) in [5.74, 6) is 0.0756. The first-order valence-corrected chi connectivity index (χ1v) is 14.5. The SMILES string of the molecule is C=CC1=NC2C(=C)/N=C(/C=C)c3c(cc(C#N)c4c3oc3nc(-c5c(C)cccc5C)ccc34)CCC2c2ccccc21. The molecule has 0 saturated heterocycles. The van der Waals surface area contributed by atoms with Crippen LogP contribution in [-0.4, -0.2) is 22.4 Å². The Bertz CT molecular complexity index is 2120. The number of hydrogen-bond donors (Lipinski definition) is 0. The number of furan rings is 1. The van der Waals surface area contributed by atoms with Crippen molar-refractivity contribution in [1.82, 2.24) is 4.98 Å². The average molecular weight is 559 g/mol. The van der Waals surface area contributed by atoms with Crippen molar-refractivity contribution in [1.29, 1.82) is 5.26 Å². The number of allylic oxidation sites excluding steroid dienone is 2. The molecule has 0 bridgehead atoms. The first-order chi connectivity index (χ1) is 20.9. The van der Waals surface area contributed by atoms with Crippen LogP contribution in [-0.2, 0) is 6.42 Å². The third-order valence-corrected chi connectivity index (χ3v) is 8.82. The molecule has 5 nitrogen and oxygen atoms in total. The summed E-state index contributed by atoms with van der Waals surface area (Å²) in [7, 11) is 0. The minimum absolute atomic E-state index is 0.0756. The molecule has 43 heavy (non-hydrogen) atoms. The predicted molar refractivity (Wildman–Crippen MR) is 175 cm³/mol. The van der Waals surface area contributed by atoms with Gasteiger partial charge in [0, 0.05) is 33.4 Å². The van der Waals surface area contributed by atoms with Crippen molar-refractivity contribution in [2.75, 3.05) is 0 Å². The molecule has 2 atom stereocenters. The molecule has 7 rings (SSSR count). The average Bonchev–Trinajstić information content (AvgIpc) is 3.42. The predicted octanol–water partition coefficient (Wildman–Crippen LogP) is 8.71. The molecule has 3 aromatic carbocycles. The first kappa shape index (κ1) is 26.6. The van der Waals surface area contributed by atoms with E-state index in [0.717, 1.165) is 62.0 Å². The number of pyridine rings is 1. The van der Waals surface area contributed by atoms with Crippen molar-refractivity contribution in [2.45, 2.75) is 38.6 Å². The molecule has 2 unspecified atom stereocenters. The fourth-order valence-corrected chi connectivity index (χ4v) is 6.86. The molecule has 0 saturated carbocycles. The molecular formula is C38H30N4O. The van der Waals surface area contributed by atoms with Crippen molar-refractivity contribution in [3.8, 4) is 17.3 Å². The summed E-state index contributed by atoms with van der Waals surface area (Å²) < 4.78 is 6.59. The zero-order valence-corrected chi connectivity index (χ0v) is 24.3. The second kappa shape index (κ2) is 10.2. The van der Waals surface area contributed by atoms with E-state index in [1.165, 1.54) is 5.56 Å². The van der Waals surface area contributed by atoms with Crippen LogP contribution >= 0.6 is 0 Å². The third kappa shape index (κ3) is 4.10. The Morgan fingerprint density at radius 1 is 0.953 bits per heavy atom. The maximum atomic E-state index is 10.3. The fraction of sp³-hybridized carbons (Fsp3) is 0.158. The van der Waals surface area contributed by atoms with Gasteiger partial charge in [-0.1, -0.05) is 62.2 Å². The van der Waals surface area contributed by atoms with E-state index in [0.29, 0.717) is 34.7 Å². The molecule has 2 aliphatic heterocycles. The molecule has 5 heteroatoms. The summed E-state index contributed by atoms with van der Waals surface area (Å²) in [6, 6.07) is 22.8. The monoisotopic (exact) mass is 558 g/mol. The van der Waals surface area contributed by atoms with E-state index in [1.54, 1.807) is 12.2 Å². The quantitative estimate of drug-likeness (QED) is 0.222. The van der Waals surface area contributed by atoms with Crippen LogP contribution in [0.5, 0.6) is 0 Å². The largest absolute Gasteiger partial charge is 0.437 e. The molecule has 2 aromatic heterocycles. The fourth-order valence-electron chi connectivity index (χ4n) is 6.86. The van der Waals surface area contributed by atoms with Crippen LogP contribution in [0.2, 0.25) is 0 Å². The summed E-state index contributed by atoms with van der Waals surface area (Å²) in [6.07, 6.45) is 5.05. The third-order valence-electron chi connectivity index (χ3n) is 8.82. The van der Waals surface area contributed by atoms with Crippen molar-refractivity contribution >= 4 is 33.5 Å². The molecular weight excluding hydrogens is 528 g/mol. The minimum Gasteiger partial charge on any atom is -0.437 e. The van der Waals surface area contributed by atoms with Crippen LogP contribution in [0.1, 0.15) is 51.3 Å². The Morgan fingerprint density at radius 2 is 1.72 bits per heavy atom. The summed E-state index contributed by atoms with van der Waals surface area (Å²) in [5.41, 5.74) is 12.1. The van der Waals surface area contributed by atoms with Crippen LogP contribution in [0.25, 0.3) is 33.3 Å². The maximum absolute atomic E-state index is 10.3. The van der Waals surface area contributed by atoms with Gasteiger partial charge in [0.25, 0.3) is 0 Å². The van der Waals surface area contributed by atoms with Gasteiger partial charge in [-0.2, -0.15) is 5.26 Å². The molecule has 208 valence electrons. The molecule has 0 fully saturated rings. The molecule has 0 spiro atoms. The van der Waals surface area contributed by atoms with Gasteiger partial charge >= 0.3 is 0 Å². The highest BCUT2D eigenvalue weighted by Gasteiger charge is 2.34. The summed E-state index contributed by atoms with van der Waals surface area (Å²) in [6.45, 7) is 16.7. The second-order valence-corrected chi connectivity index (χ2v) is 11.3. The molecule has 0 amide bonds. The Kier molecular flexibility index (Phi) is 6.29. The lowest BCUT2D eigenvalue weighted by Crippen LogP contribution is -2.27. The van der Waals surface area contributed by atoms with Gasteiger partial charge < -0.3 is 4.42 Å². The Labute approximate surface area is 250 Å². The summed E-state index contributed by atoms with van der Waals surface area (Å²) in [5, 5.41) is 11.9. The number of aromatic nitrogens is 1. The van der Waals surface area contributed by atoms with Gasteiger partial charge in [0.2, 0.25) is 5.71 Å². The number of nitrogens with zero attached hydrogens (tertiary/aromatic N) is 4. The smallest absolute Gasteiger partial charge is 0.227 e. The van der Waals surface area contributed by atoms with Crippen LogP contribution in [0, 0.1) is 25.2 Å². The molecule has 5 aromatic rings. The Hall–Kier alpha value is -5.34. The number of aryl methyl sites for hydroxylation is 3. The van der Waals surface area contributed by atoms with E-state index >= 15 is 0 Å². The zero-order chi connectivity index (χ0) is 29.8. The van der Waals surface area contributed by atoms with Crippen molar-refractivity contribution in [3.63, 3.8) is 0 Å². The molecule has 2 aliphatic rings. The summed E-state index contributed by atoms with van der Waals surface area (Å²) in [4.78, 5) is 15.1. The standard InChI is InChI=1S/C38H30N4O/c1-6-30-27-14-9-8-13-26(27)28-16-15-24-19-25(20-39)34-29-17-18-32(33-21(3)11-10-12-22(33)4)42-38(29)43-37(34)35(24)31(7-2)40-23(5)36(28)41-30/h6-14,17-19,28,36H,1-2,5,15-16H2,3-4H3/b40-31-. The van der Waals surface area contributed by atoms with Gasteiger partial charge in [-0.05, 0) is 79.3 Å². The highest BCUT2D eigenvalue weighted by molar-refractivity contribution is 6.21. The number of aliphatic imine (C=N–C) groups is 2. The lowest BCUT2D eigenvalue weighted by Gasteiger charge is -2.31. The molecule has 4 heterocycles. The van der Waals surface area contributed by atoms with Gasteiger partial charge in [-0.25, -0.2) is 4.98 Å². The molecule has 0 radical (unpaired) electrons. The van der Waals surface area contributed by atoms with Crippen LogP contribution in [0.4, 0.5) is 0 Å². The van der Waals surface area contributed by atoms with E-state index < -0.39 is 0 Å². The molecule has 0 aliphatic carbocycles. The van der Waals surface area contributed by atoms with E-state index in [1.807, 2.05) is 24.3 Å². The number of benzene rings is 3. The van der Waals surface area contributed by atoms with E-state index in [4.69, 9.17) is 19.4 Å². The molecule has 0 N–H and O–H groups in total. The highest BCUT2D eigenvalue weighted by Crippen LogP contribution is 2.42. The Balaban J connectivity index is 1.47. The number of rotatable bonds is 3. The number of fused-ring (bicyclic) bond motifs is 8. The maximum Gasteiger partial charge on any atom is 0.227 e. The van der Waals surface area contributed by atoms with Gasteiger partial charge in [0.05, 0.1) is 40.5 Å². The Morgan fingerprint density at radius 3 is 2.47 bits per heavy atom. The van der Waals surface area contributed by atoms with Crippen molar-refractivity contribution in [2.24, 2.45) is 9.98 Å². The first-order valence-electron chi connectivity index (χ1n) is 14.5. The zero-order valence-electron chi connectivity index (χ0n) is 24.3. The van der Waals surface area contributed by atoms with Crippen LogP contribution < -0.4 is 0 Å². The number of hydrogen-bond acceptors (Lipinski definition) is 5. The van der Waals surface area contributed by atoms with Crippen molar-refractivity contribution in [3.05, 3.63) is 137 Å². The van der Waals surface area contributed by atoms with Gasteiger partial charge in [0.15, 0.2) is 0 Å². The summed E-state index contributed by atoms with van der Waals surface area (Å²) >= 11 is 0. The lowest BCUT2D eigenvalue weighted by atomic mass is 9.79. The van der Waals surface area contributed by atoms with Gasteiger partial charge in [-0.3, -0.25) is 9.98 Å². The van der Waals surface area contributed by atoms with Gasteiger partial charge in [-0.15, -0.1) is 0 Å². The van der Waals surface area contributed by atoms with Crippen LogP contribution in [0.15, 0.2) is 113 Å². The van der Waals surface area contributed by atoms with Gasteiger partial charge in [0.1, 0.15) is 5.58 Å². The normalized spacial score (nSPS) is 19.0. The second-order valence-electron chi connectivity index (χ2n) is 11.3. The van der Waals surface area contributed by atoms with Crippen molar-refractivity contribution < 1.29 is 4.42 Å².